The van der Waals surface area contributed by atoms with Crippen LogP contribution in [0, 0.1) is 23.2 Å². The molecule has 1 saturated carbocycles. The molecule has 1 fully saturated rings. The lowest BCUT2D eigenvalue weighted by Gasteiger charge is -2.53. The summed E-state index contributed by atoms with van der Waals surface area (Å²) in [5, 5.41) is 15.0. The molecule has 0 bridgehead atoms. The molecule has 34 heavy (non-hydrogen) atoms. The van der Waals surface area contributed by atoms with E-state index in [1.807, 2.05) is 25.7 Å². The van der Waals surface area contributed by atoms with Crippen molar-refractivity contribution in [2.75, 3.05) is 18.4 Å². The monoisotopic (exact) mass is 485 g/mol. The van der Waals surface area contributed by atoms with Crippen LogP contribution in [0.25, 0.3) is 0 Å². The van der Waals surface area contributed by atoms with E-state index >= 15 is 0 Å². The van der Waals surface area contributed by atoms with Crippen molar-refractivity contribution in [3.8, 4) is 0 Å². The summed E-state index contributed by atoms with van der Waals surface area (Å²) in [5.41, 5.74) is 1.12. The maximum absolute atomic E-state index is 13.0. The van der Waals surface area contributed by atoms with Gasteiger partial charge in [0.1, 0.15) is 5.69 Å². The van der Waals surface area contributed by atoms with Gasteiger partial charge in [0.15, 0.2) is 5.13 Å². The predicted octanol–water partition coefficient (Wildman–Crippen LogP) is 3.74. The Morgan fingerprint density at radius 2 is 2.06 bits per heavy atom. The number of hydrogen-bond donors (Lipinski definition) is 2. The number of carbonyl (C=O) groups excluding carboxylic acids is 2. The molecule has 184 valence electrons. The van der Waals surface area contributed by atoms with Crippen LogP contribution in [0.15, 0.2) is 18.6 Å². The number of thiazole rings is 1. The second-order valence-electron chi connectivity index (χ2n) is 10.0. The molecule has 2 aliphatic carbocycles. The van der Waals surface area contributed by atoms with E-state index < -0.39 is 6.10 Å². The van der Waals surface area contributed by atoms with Crippen molar-refractivity contribution < 1.29 is 14.7 Å². The number of aromatic nitrogens is 3. The number of aliphatic hydroxyl groups is 1. The van der Waals surface area contributed by atoms with Crippen LogP contribution in [-0.4, -0.2) is 56.0 Å². The zero-order chi connectivity index (χ0) is 24.6. The van der Waals surface area contributed by atoms with Gasteiger partial charge in [-0.25, -0.2) is 9.97 Å². The molecule has 2 aliphatic rings. The first-order chi connectivity index (χ1) is 16.2. The van der Waals surface area contributed by atoms with Crippen LogP contribution < -0.4 is 5.32 Å². The van der Waals surface area contributed by atoms with Crippen LogP contribution in [-0.2, 0) is 11.2 Å². The minimum absolute atomic E-state index is 0.0105. The third kappa shape index (κ3) is 4.35. The Hall–Kier alpha value is -2.39. The van der Waals surface area contributed by atoms with Gasteiger partial charge in [-0.2, -0.15) is 0 Å². The Labute approximate surface area is 205 Å². The highest BCUT2D eigenvalue weighted by molar-refractivity contribution is 7.15. The molecule has 9 heteroatoms. The fraction of sp³-hybridized carbons (Fsp3) is 0.640. The van der Waals surface area contributed by atoms with Crippen molar-refractivity contribution in [1.82, 2.24) is 19.9 Å². The van der Waals surface area contributed by atoms with Gasteiger partial charge in [0.25, 0.3) is 5.91 Å². The van der Waals surface area contributed by atoms with E-state index in [1.54, 1.807) is 0 Å². The fourth-order valence-electron chi connectivity index (χ4n) is 6.18. The molecule has 0 saturated heterocycles. The molecule has 0 aromatic carbocycles. The largest absolute Gasteiger partial charge is 0.392 e. The second kappa shape index (κ2) is 9.70. The smallest absolute Gasteiger partial charge is 0.277 e. The number of fused-ring (bicyclic) bond motifs is 2. The van der Waals surface area contributed by atoms with Crippen LogP contribution in [0.2, 0.25) is 0 Å². The Bertz CT molecular complexity index is 1040. The number of amides is 2. The van der Waals surface area contributed by atoms with E-state index in [0.29, 0.717) is 18.2 Å². The predicted molar refractivity (Wildman–Crippen MR) is 132 cm³/mol. The summed E-state index contributed by atoms with van der Waals surface area (Å²) in [4.78, 5) is 41.4. The topological polar surface area (TPSA) is 108 Å². The van der Waals surface area contributed by atoms with Crippen LogP contribution in [0.3, 0.4) is 0 Å². The first-order valence-corrected chi connectivity index (χ1v) is 13.1. The second-order valence-corrected chi connectivity index (χ2v) is 11.1. The molecule has 2 aromatic heterocycles. The average molecular weight is 486 g/mol. The van der Waals surface area contributed by atoms with Gasteiger partial charge in [0.2, 0.25) is 5.91 Å². The maximum Gasteiger partial charge on any atom is 0.277 e. The van der Waals surface area contributed by atoms with E-state index in [9.17, 15) is 14.7 Å². The summed E-state index contributed by atoms with van der Waals surface area (Å²) < 4.78 is 0. The van der Waals surface area contributed by atoms with Crippen molar-refractivity contribution in [3.63, 3.8) is 0 Å². The zero-order valence-electron chi connectivity index (χ0n) is 20.6. The summed E-state index contributed by atoms with van der Waals surface area (Å²) in [6.07, 6.45) is 6.47. The van der Waals surface area contributed by atoms with Crippen LogP contribution in [0.1, 0.15) is 74.4 Å². The number of rotatable bonds is 6. The number of aliphatic hydroxyl groups excluding tert-OH is 1. The highest BCUT2D eigenvalue weighted by Crippen LogP contribution is 2.57. The number of nitrogens with one attached hydrogen (secondary N) is 1. The highest BCUT2D eigenvalue weighted by atomic mass is 32.1. The number of hydrogen-bond acceptors (Lipinski definition) is 7. The number of anilines is 1. The molecule has 2 aromatic rings. The summed E-state index contributed by atoms with van der Waals surface area (Å²) in [5.74, 6) is -0.448. The van der Waals surface area contributed by atoms with Crippen molar-refractivity contribution in [2.24, 2.45) is 23.2 Å². The van der Waals surface area contributed by atoms with E-state index in [2.05, 4.69) is 29.1 Å². The van der Waals surface area contributed by atoms with Crippen molar-refractivity contribution in [3.05, 3.63) is 34.9 Å². The highest BCUT2D eigenvalue weighted by Gasteiger charge is 2.54. The third-order valence-corrected chi connectivity index (χ3v) is 9.03. The summed E-state index contributed by atoms with van der Waals surface area (Å²) in [7, 11) is 0. The molecule has 6 unspecified atom stereocenters. The van der Waals surface area contributed by atoms with E-state index in [0.717, 1.165) is 25.0 Å². The zero-order valence-corrected chi connectivity index (χ0v) is 21.4. The van der Waals surface area contributed by atoms with Crippen molar-refractivity contribution in [2.45, 2.75) is 65.9 Å². The molecule has 4 rings (SSSR count). The van der Waals surface area contributed by atoms with Gasteiger partial charge in [-0.05, 0) is 50.4 Å². The van der Waals surface area contributed by atoms with E-state index in [4.69, 9.17) is 4.98 Å². The van der Waals surface area contributed by atoms with Crippen LogP contribution in [0.5, 0.6) is 0 Å². The fourth-order valence-corrected chi connectivity index (χ4v) is 7.44. The molecule has 2 amide bonds. The van der Waals surface area contributed by atoms with Crippen molar-refractivity contribution in [1.29, 1.82) is 0 Å². The van der Waals surface area contributed by atoms with Gasteiger partial charge in [-0.1, -0.05) is 20.8 Å². The van der Waals surface area contributed by atoms with Crippen LogP contribution in [0.4, 0.5) is 5.13 Å². The van der Waals surface area contributed by atoms with Crippen LogP contribution >= 0.6 is 11.3 Å². The standard InChI is InChI=1S/C25H35N5O3S/c1-6-30(7-2)23(33)14(3)16-8-9-25(5)12-18-20(15(4)19(25)21(16)31)28-24(34-18)29-22(32)17-13-26-10-11-27-17/h10-11,13-16,19,21,31H,6-9,12H2,1-5H3,(H,28,29,32). The van der Waals surface area contributed by atoms with Gasteiger partial charge in [0, 0.05) is 42.2 Å². The first-order valence-electron chi connectivity index (χ1n) is 12.2. The van der Waals surface area contributed by atoms with Gasteiger partial charge < -0.3 is 10.0 Å². The van der Waals surface area contributed by atoms with Gasteiger partial charge in [-0.15, -0.1) is 11.3 Å². The summed E-state index contributed by atoms with van der Waals surface area (Å²) in [6.45, 7) is 11.7. The molecule has 2 N–H and O–H groups in total. The molecule has 0 spiro atoms. The Morgan fingerprint density at radius 3 is 2.71 bits per heavy atom. The number of carbonyl (C=O) groups is 2. The lowest BCUT2D eigenvalue weighted by molar-refractivity contribution is -0.144. The maximum atomic E-state index is 13.0. The quantitative estimate of drug-likeness (QED) is 0.645. The molecule has 6 atom stereocenters. The molecule has 0 aliphatic heterocycles. The minimum atomic E-state index is -0.573. The first kappa shape index (κ1) is 24.7. The lowest BCUT2D eigenvalue weighted by atomic mass is 9.53. The van der Waals surface area contributed by atoms with Crippen molar-refractivity contribution >= 4 is 28.3 Å². The Morgan fingerprint density at radius 1 is 1.32 bits per heavy atom. The Balaban J connectivity index is 1.55. The van der Waals surface area contributed by atoms with E-state index in [1.165, 1.54) is 34.8 Å². The Kier molecular flexibility index (Phi) is 7.05. The molecule has 0 radical (unpaired) electrons. The normalized spacial score (nSPS) is 29.0. The molecule has 2 heterocycles. The van der Waals surface area contributed by atoms with Gasteiger partial charge >= 0.3 is 0 Å². The van der Waals surface area contributed by atoms with Gasteiger partial charge in [-0.3, -0.25) is 19.9 Å². The molecular formula is C25H35N5O3S. The molecular weight excluding hydrogens is 450 g/mol. The average Bonchev–Trinajstić information content (AvgIpc) is 3.21. The minimum Gasteiger partial charge on any atom is -0.392 e. The molecule has 8 nitrogen and oxygen atoms in total. The number of nitrogens with zero attached hydrogens (tertiary/aromatic N) is 4. The van der Waals surface area contributed by atoms with E-state index in [-0.39, 0.29) is 46.6 Å². The SMILES string of the molecule is CCN(CC)C(=O)C(C)C1CCC2(C)Cc3sc(NC(=O)c4cnccn4)nc3C(C)C2C1O. The summed E-state index contributed by atoms with van der Waals surface area (Å²) >= 11 is 1.51. The lowest BCUT2D eigenvalue weighted by Crippen LogP contribution is -2.53. The summed E-state index contributed by atoms with van der Waals surface area (Å²) in [6, 6.07) is 0. The van der Waals surface area contributed by atoms with Gasteiger partial charge in [0.05, 0.1) is 18.0 Å². The third-order valence-electron chi connectivity index (χ3n) is 8.05.